The fraction of sp³-hybridized carbons (Fsp3) is 0.786. The van der Waals surface area contributed by atoms with Gasteiger partial charge in [-0.15, -0.1) is 0 Å². The predicted octanol–water partition coefficient (Wildman–Crippen LogP) is 3.59. The molecule has 2 aliphatic carbocycles. The van der Waals surface area contributed by atoms with Crippen LogP contribution in [-0.4, -0.2) is 5.78 Å². The zero-order valence-electron chi connectivity index (χ0n) is 10.3. The summed E-state index contributed by atoms with van der Waals surface area (Å²) < 4.78 is 0. The normalized spacial score (nSPS) is 37.5. The van der Waals surface area contributed by atoms with Crippen LogP contribution >= 0.6 is 0 Å². The quantitative estimate of drug-likeness (QED) is 0.553. The van der Waals surface area contributed by atoms with Gasteiger partial charge in [0, 0.05) is 11.8 Å². The number of carbonyl (C=O) groups is 1. The molecule has 0 amide bonds. The summed E-state index contributed by atoms with van der Waals surface area (Å²) in [4.78, 5) is 12.2. The molecule has 0 N–H and O–H groups in total. The molecule has 1 heteroatoms. The van der Waals surface area contributed by atoms with E-state index in [0.29, 0.717) is 17.6 Å². The largest absolute Gasteiger partial charge is 0.299 e. The van der Waals surface area contributed by atoms with Crippen molar-refractivity contribution in [1.29, 1.82) is 0 Å². The predicted molar refractivity (Wildman–Crippen MR) is 62.5 cm³/mol. The molecule has 0 aromatic heterocycles. The number of hydrogen-bond acceptors (Lipinski definition) is 1. The van der Waals surface area contributed by atoms with Gasteiger partial charge in [0.05, 0.1) is 0 Å². The molecular weight excluding hydrogens is 184 g/mol. The van der Waals surface area contributed by atoms with Crippen molar-refractivity contribution in [3.05, 3.63) is 12.2 Å². The number of ketones is 1. The average molecular weight is 206 g/mol. The van der Waals surface area contributed by atoms with Crippen LogP contribution in [0.4, 0.5) is 0 Å². The number of allylic oxidation sites excluding steroid dienone is 2. The first-order chi connectivity index (χ1) is 6.86. The summed E-state index contributed by atoms with van der Waals surface area (Å²) in [6.07, 6.45) is 7.57. The topological polar surface area (TPSA) is 17.1 Å². The van der Waals surface area contributed by atoms with Crippen LogP contribution in [0.2, 0.25) is 0 Å². The van der Waals surface area contributed by atoms with E-state index in [0.717, 1.165) is 19.3 Å². The van der Waals surface area contributed by atoms with Gasteiger partial charge in [0.25, 0.3) is 0 Å². The van der Waals surface area contributed by atoms with E-state index in [-0.39, 0.29) is 10.8 Å². The molecule has 0 aromatic carbocycles. The van der Waals surface area contributed by atoms with Gasteiger partial charge in [0.15, 0.2) is 0 Å². The number of fused-ring (bicyclic) bond motifs is 1. The van der Waals surface area contributed by atoms with Crippen LogP contribution in [0.3, 0.4) is 0 Å². The van der Waals surface area contributed by atoms with E-state index in [1.54, 1.807) is 0 Å². The Hall–Kier alpha value is -0.590. The van der Waals surface area contributed by atoms with Gasteiger partial charge in [0.2, 0.25) is 0 Å². The maximum absolute atomic E-state index is 12.2. The van der Waals surface area contributed by atoms with E-state index in [9.17, 15) is 4.79 Å². The highest BCUT2D eigenvalue weighted by Crippen LogP contribution is 2.54. The molecule has 2 rings (SSSR count). The van der Waals surface area contributed by atoms with Crippen molar-refractivity contribution >= 4 is 5.78 Å². The number of Topliss-reactive ketones (excluding diaryl/α,β-unsaturated/α-hetero) is 1. The van der Waals surface area contributed by atoms with Crippen LogP contribution in [0.15, 0.2) is 12.2 Å². The van der Waals surface area contributed by atoms with Crippen molar-refractivity contribution in [3.8, 4) is 0 Å². The SMILES string of the molecule is CC1(C)CC(=O)C(C)(C)[C@H]2CC=CC[C@H]21. The molecule has 0 spiro atoms. The molecule has 1 nitrogen and oxygen atoms in total. The van der Waals surface area contributed by atoms with Gasteiger partial charge in [-0.25, -0.2) is 0 Å². The van der Waals surface area contributed by atoms with Gasteiger partial charge in [-0.1, -0.05) is 39.8 Å². The molecule has 15 heavy (non-hydrogen) atoms. The lowest BCUT2D eigenvalue weighted by Gasteiger charge is -2.52. The van der Waals surface area contributed by atoms with Gasteiger partial charge < -0.3 is 0 Å². The molecule has 0 heterocycles. The number of hydrogen-bond donors (Lipinski definition) is 0. The van der Waals surface area contributed by atoms with Gasteiger partial charge in [0.1, 0.15) is 5.78 Å². The van der Waals surface area contributed by atoms with E-state index < -0.39 is 0 Å². The molecule has 0 unspecified atom stereocenters. The Morgan fingerprint density at radius 2 is 1.60 bits per heavy atom. The third-order valence-corrected chi connectivity index (χ3v) is 4.70. The average Bonchev–Trinajstić information content (AvgIpc) is 2.15. The molecule has 0 aliphatic heterocycles. The minimum absolute atomic E-state index is 0.106. The number of carbonyl (C=O) groups excluding carboxylic acids is 1. The molecule has 0 saturated heterocycles. The minimum Gasteiger partial charge on any atom is -0.299 e. The minimum atomic E-state index is -0.106. The monoisotopic (exact) mass is 206 g/mol. The second-order valence-electron chi connectivity index (χ2n) is 6.47. The standard InChI is InChI=1S/C14H22O/c1-13(2)9-12(15)14(3,4)11-8-6-5-7-10(11)13/h5-6,10-11H,7-9H2,1-4H3/t10-,11+/m1/s1. The van der Waals surface area contributed by atoms with E-state index in [1.165, 1.54) is 0 Å². The van der Waals surface area contributed by atoms with Crippen LogP contribution < -0.4 is 0 Å². The fourth-order valence-corrected chi connectivity index (χ4v) is 3.45. The summed E-state index contributed by atoms with van der Waals surface area (Å²) >= 11 is 0. The van der Waals surface area contributed by atoms with Crippen LogP contribution in [0.1, 0.15) is 47.0 Å². The van der Waals surface area contributed by atoms with Crippen LogP contribution in [0.25, 0.3) is 0 Å². The lowest BCUT2D eigenvalue weighted by molar-refractivity contribution is -0.143. The van der Waals surface area contributed by atoms with Crippen LogP contribution in [-0.2, 0) is 4.79 Å². The van der Waals surface area contributed by atoms with E-state index >= 15 is 0 Å². The summed E-state index contributed by atoms with van der Waals surface area (Å²) in [6, 6.07) is 0. The first kappa shape index (κ1) is 10.9. The summed E-state index contributed by atoms with van der Waals surface area (Å²) in [6.45, 7) is 8.80. The third kappa shape index (κ3) is 1.56. The highest BCUT2D eigenvalue weighted by Gasteiger charge is 2.51. The van der Waals surface area contributed by atoms with Crippen molar-refractivity contribution in [3.63, 3.8) is 0 Å². The molecule has 0 bridgehead atoms. The zero-order valence-corrected chi connectivity index (χ0v) is 10.3. The lowest BCUT2D eigenvalue weighted by Crippen LogP contribution is -2.50. The highest BCUT2D eigenvalue weighted by molar-refractivity contribution is 5.86. The molecule has 0 radical (unpaired) electrons. The maximum Gasteiger partial charge on any atom is 0.139 e. The first-order valence-electron chi connectivity index (χ1n) is 6.04. The van der Waals surface area contributed by atoms with Gasteiger partial charge in [-0.05, 0) is 30.1 Å². The molecule has 0 aromatic rings. The Kier molecular flexibility index (Phi) is 2.33. The van der Waals surface area contributed by atoms with E-state index in [2.05, 4.69) is 39.8 Å². The Morgan fingerprint density at radius 3 is 2.20 bits per heavy atom. The van der Waals surface area contributed by atoms with Crippen LogP contribution in [0, 0.1) is 22.7 Å². The summed E-state index contributed by atoms with van der Waals surface area (Å²) in [7, 11) is 0. The Bertz CT molecular complexity index is 309. The van der Waals surface area contributed by atoms with Gasteiger partial charge in [-0.3, -0.25) is 4.79 Å². The second kappa shape index (κ2) is 3.20. The van der Waals surface area contributed by atoms with Gasteiger partial charge in [-0.2, -0.15) is 0 Å². The third-order valence-electron chi connectivity index (χ3n) is 4.70. The van der Waals surface area contributed by atoms with Crippen molar-refractivity contribution < 1.29 is 4.79 Å². The smallest absolute Gasteiger partial charge is 0.139 e. The molecular formula is C14H22O. The molecule has 1 fully saturated rings. The van der Waals surface area contributed by atoms with Crippen molar-refractivity contribution in [1.82, 2.24) is 0 Å². The van der Waals surface area contributed by atoms with E-state index in [4.69, 9.17) is 0 Å². The van der Waals surface area contributed by atoms with Crippen molar-refractivity contribution in [2.75, 3.05) is 0 Å². The molecule has 2 atom stereocenters. The Balaban J connectivity index is 2.38. The second-order valence-corrected chi connectivity index (χ2v) is 6.47. The Morgan fingerprint density at radius 1 is 1.07 bits per heavy atom. The number of rotatable bonds is 0. The molecule has 84 valence electrons. The van der Waals surface area contributed by atoms with Crippen molar-refractivity contribution in [2.45, 2.75) is 47.0 Å². The fourth-order valence-electron chi connectivity index (χ4n) is 3.45. The zero-order chi connectivity index (χ0) is 11.3. The first-order valence-corrected chi connectivity index (χ1v) is 6.04. The van der Waals surface area contributed by atoms with Gasteiger partial charge >= 0.3 is 0 Å². The molecule has 2 aliphatic rings. The lowest BCUT2D eigenvalue weighted by atomic mass is 9.51. The summed E-state index contributed by atoms with van der Waals surface area (Å²) in [5, 5.41) is 0. The van der Waals surface area contributed by atoms with Crippen LogP contribution in [0.5, 0.6) is 0 Å². The summed E-state index contributed by atoms with van der Waals surface area (Å²) in [5.74, 6) is 1.71. The maximum atomic E-state index is 12.2. The Labute approximate surface area is 92.9 Å². The van der Waals surface area contributed by atoms with Crippen molar-refractivity contribution in [2.24, 2.45) is 22.7 Å². The van der Waals surface area contributed by atoms with E-state index in [1.807, 2.05) is 0 Å². The summed E-state index contributed by atoms with van der Waals surface area (Å²) in [5.41, 5.74) is 0.0903. The highest BCUT2D eigenvalue weighted by atomic mass is 16.1. The molecule has 1 saturated carbocycles.